The van der Waals surface area contributed by atoms with Crippen molar-refractivity contribution in [2.75, 3.05) is 45.0 Å². The summed E-state index contributed by atoms with van der Waals surface area (Å²) in [5.41, 5.74) is 2.53. The highest BCUT2D eigenvalue weighted by atomic mass is 32.2. The number of amides is 1. The maximum Gasteiger partial charge on any atom is 0.243 e. The highest BCUT2D eigenvalue weighted by Crippen LogP contribution is 2.30. The molecule has 0 atom stereocenters. The Bertz CT molecular complexity index is 1230. The van der Waals surface area contributed by atoms with Crippen molar-refractivity contribution in [3.8, 4) is 0 Å². The minimum Gasteiger partial charge on any atom is -0.339 e. The highest BCUT2D eigenvalue weighted by Gasteiger charge is 2.29. The Balaban J connectivity index is 1.16. The quantitative estimate of drug-likeness (QED) is 0.398. The molecular formula is C29H33N3O3S2. The molecule has 2 aliphatic heterocycles. The number of carbonyl (C=O) groups excluding carboxylic acids is 1. The van der Waals surface area contributed by atoms with Crippen LogP contribution < -0.4 is 0 Å². The fraction of sp³-hybridized carbons (Fsp3) is 0.345. The van der Waals surface area contributed by atoms with Gasteiger partial charge in [0, 0.05) is 44.2 Å². The topological polar surface area (TPSA) is 60.9 Å². The average molecular weight is 536 g/mol. The van der Waals surface area contributed by atoms with Crippen LogP contribution in [0.1, 0.15) is 30.0 Å². The lowest BCUT2D eigenvalue weighted by Crippen LogP contribution is -2.50. The standard InChI is InChI=1S/C29H33N3O3S2/c33-28(23-36-26-13-15-27(16-14-26)37(34,35)32-17-7-8-18-32)30-19-21-31(22-20-30)29(24-9-3-1-4-10-24)25-11-5-2-6-12-25/h1-6,9-16,29H,7-8,17-23H2. The van der Waals surface area contributed by atoms with Crippen molar-refractivity contribution in [1.82, 2.24) is 14.1 Å². The first-order valence-electron chi connectivity index (χ1n) is 12.9. The van der Waals surface area contributed by atoms with E-state index in [0.717, 1.165) is 30.8 Å². The monoisotopic (exact) mass is 535 g/mol. The van der Waals surface area contributed by atoms with E-state index < -0.39 is 10.0 Å². The minimum absolute atomic E-state index is 0.120. The molecule has 0 radical (unpaired) electrons. The van der Waals surface area contributed by atoms with Gasteiger partial charge in [-0.3, -0.25) is 9.69 Å². The van der Waals surface area contributed by atoms with Crippen molar-refractivity contribution in [2.45, 2.75) is 28.7 Å². The Morgan fingerprint density at radius 3 is 1.81 bits per heavy atom. The van der Waals surface area contributed by atoms with Gasteiger partial charge < -0.3 is 4.90 Å². The number of thioether (sulfide) groups is 1. The minimum atomic E-state index is -3.41. The summed E-state index contributed by atoms with van der Waals surface area (Å²) < 4.78 is 27.0. The fourth-order valence-electron chi connectivity index (χ4n) is 5.14. The van der Waals surface area contributed by atoms with E-state index >= 15 is 0 Å². The third kappa shape index (κ3) is 6.09. The molecule has 6 nitrogen and oxygen atoms in total. The van der Waals surface area contributed by atoms with E-state index in [1.54, 1.807) is 16.4 Å². The van der Waals surface area contributed by atoms with Gasteiger partial charge in [0.25, 0.3) is 0 Å². The van der Waals surface area contributed by atoms with Crippen molar-refractivity contribution in [1.29, 1.82) is 0 Å². The van der Waals surface area contributed by atoms with Gasteiger partial charge in [-0.25, -0.2) is 8.42 Å². The lowest BCUT2D eigenvalue weighted by Gasteiger charge is -2.39. The Labute approximate surface area is 224 Å². The molecule has 0 aromatic heterocycles. The zero-order valence-corrected chi connectivity index (χ0v) is 22.5. The van der Waals surface area contributed by atoms with Gasteiger partial charge in [-0.2, -0.15) is 4.31 Å². The van der Waals surface area contributed by atoms with Crippen molar-refractivity contribution in [3.05, 3.63) is 96.1 Å². The summed E-state index contributed by atoms with van der Waals surface area (Å²) in [5.74, 6) is 0.466. The summed E-state index contributed by atoms with van der Waals surface area (Å²) in [6.07, 6.45) is 1.84. The molecule has 0 saturated carbocycles. The van der Waals surface area contributed by atoms with Crippen LogP contribution in [0.25, 0.3) is 0 Å². The van der Waals surface area contributed by atoms with Gasteiger partial charge >= 0.3 is 0 Å². The normalized spacial score (nSPS) is 17.4. The molecule has 8 heteroatoms. The Morgan fingerprint density at radius 1 is 0.730 bits per heavy atom. The second-order valence-electron chi connectivity index (χ2n) is 9.51. The molecule has 1 amide bonds. The van der Waals surface area contributed by atoms with Gasteiger partial charge in [0.15, 0.2) is 0 Å². The highest BCUT2D eigenvalue weighted by molar-refractivity contribution is 8.00. The molecular weight excluding hydrogens is 502 g/mol. The van der Waals surface area contributed by atoms with E-state index in [1.807, 2.05) is 29.2 Å². The summed E-state index contributed by atoms with van der Waals surface area (Å²) in [6.45, 7) is 4.21. The lowest BCUT2D eigenvalue weighted by atomic mass is 9.96. The number of rotatable bonds is 8. The molecule has 194 valence electrons. The zero-order chi connectivity index (χ0) is 25.7. The van der Waals surface area contributed by atoms with Crippen LogP contribution in [0.4, 0.5) is 0 Å². The van der Waals surface area contributed by atoms with Crippen LogP contribution >= 0.6 is 11.8 Å². The molecule has 0 bridgehead atoms. The largest absolute Gasteiger partial charge is 0.339 e. The Morgan fingerprint density at radius 2 is 1.27 bits per heavy atom. The predicted molar refractivity (Wildman–Crippen MR) is 148 cm³/mol. The third-order valence-corrected chi connectivity index (χ3v) is 10.1. The second kappa shape index (κ2) is 11.8. The Hall–Kier alpha value is -2.65. The van der Waals surface area contributed by atoms with E-state index in [1.165, 1.54) is 22.9 Å². The van der Waals surface area contributed by atoms with E-state index in [-0.39, 0.29) is 11.9 Å². The first kappa shape index (κ1) is 26.0. The number of hydrogen-bond donors (Lipinski definition) is 0. The van der Waals surface area contributed by atoms with Crippen LogP contribution in [-0.2, 0) is 14.8 Å². The smallest absolute Gasteiger partial charge is 0.243 e. The second-order valence-corrected chi connectivity index (χ2v) is 12.5. The number of carbonyl (C=O) groups is 1. The van der Waals surface area contributed by atoms with Crippen LogP contribution in [0.15, 0.2) is 94.7 Å². The zero-order valence-electron chi connectivity index (χ0n) is 20.9. The number of sulfonamides is 1. The van der Waals surface area contributed by atoms with Gasteiger partial charge in [-0.15, -0.1) is 11.8 Å². The number of benzene rings is 3. The van der Waals surface area contributed by atoms with Crippen molar-refractivity contribution in [3.63, 3.8) is 0 Å². The fourth-order valence-corrected chi connectivity index (χ4v) is 7.45. The van der Waals surface area contributed by atoms with E-state index in [4.69, 9.17) is 0 Å². The maximum atomic E-state index is 13.0. The number of nitrogens with zero attached hydrogens (tertiary/aromatic N) is 3. The van der Waals surface area contributed by atoms with Gasteiger partial charge in [0.1, 0.15) is 0 Å². The molecule has 2 aliphatic rings. The van der Waals surface area contributed by atoms with Gasteiger partial charge in [0.05, 0.1) is 16.7 Å². The van der Waals surface area contributed by atoms with E-state index in [0.29, 0.717) is 36.8 Å². The van der Waals surface area contributed by atoms with Crippen molar-refractivity contribution >= 4 is 27.7 Å². The lowest BCUT2D eigenvalue weighted by molar-refractivity contribution is -0.130. The summed E-state index contributed by atoms with van der Waals surface area (Å²) >= 11 is 1.46. The SMILES string of the molecule is O=C(CSc1ccc(S(=O)(=O)N2CCCC2)cc1)N1CCN(C(c2ccccc2)c2ccccc2)CC1. The predicted octanol–water partition coefficient (Wildman–Crippen LogP) is 4.50. The summed E-state index contributed by atoms with van der Waals surface area (Å²) in [7, 11) is -3.41. The van der Waals surface area contributed by atoms with Crippen LogP contribution in [0.2, 0.25) is 0 Å². The van der Waals surface area contributed by atoms with Crippen molar-refractivity contribution < 1.29 is 13.2 Å². The number of piperazine rings is 1. The van der Waals surface area contributed by atoms with Crippen LogP contribution in [0.3, 0.4) is 0 Å². The molecule has 3 aromatic carbocycles. The van der Waals surface area contributed by atoms with Gasteiger partial charge in [0.2, 0.25) is 15.9 Å². The third-order valence-electron chi connectivity index (χ3n) is 7.15. The maximum absolute atomic E-state index is 13.0. The summed E-state index contributed by atoms with van der Waals surface area (Å²) in [4.78, 5) is 18.6. The molecule has 0 spiro atoms. The van der Waals surface area contributed by atoms with Gasteiger partial charge in [-0.1, -0.05) is 60.7 Å². The van der Waals surface area contributed by atoms with Crippen molar-refractivity contribution in [2.24, 2.45) is 0 Å². The van der Waals surface area contributed by atoms with Crippen LogP contribution in [0.5, 0.6) is 0 Å². The first-order chi connectivity index (χ1) is 18.0. The van der Waals surface area contributed by atoms with Crippen LogP contribution in [-0.4, -0.2) is 73.5 Å². The molecule has 5 rings (SSSR count). The molecule has 2 saturated heterocycles. The first-order valence-corrected chi connectivity index (χ1v) is 15.3. The summed E-state index contributed by atoms with van der Waals surface area (Å²) in [6, 6.07) is 28.2. The molecule has 2 heterocycles. The van der Waals surface area contributed by atoms with E-state index in [9.17, 15) is 13.2 Å². The molecule has 0 aliphatic carbocycles. The molecule has 37 heavy (non-hydrogen) atoms. The average Bonchev–Trinajstić information content (AvgIpc) is 3.50. The van der Waals surface area contributed by atoms with E-state index in [2.05, 4.69) is 53.4 Å². The number of hydrogen-bond acceptors (Lipinski definition) is 5. The molecule has 0 N–H and O–H groups in total. The molecule has 3 aromatic rings. The Kier molecular flexibility index (Phi) is 8.30. The van der Waals surface area contributed by atoms with Gasteiger partial charge in [-0.05, 0) is 48.2 Å². The summed E-state index contributed by atoms with van der Waals surface area (Å²) in [5, 5.41) is 0. The molecule has 2 fully saturated rings. The van der Waals surface area contributed by atoms with Crippen LogP contribution in [0, 0.1) is 0 Å². The molecule has 0 unspecified atom stereocenters.